The molecule has 0 spiro atoms. The van der Waals surface area contributed by atoms with Gasteiger partial charge in [0, 0.05) is 23.4 Å². The van der Waals surface area contributed by atoms with Gasteiger partial charge in [-0.15, -0.1) is 0 Å². The van der Waals surface area contributed by atoms with Crippen LogP contribution in [0.3, 0.4) is 0 Å². The molecule has 5 nitrogen and oxygen atoms in total. The van der Waals surface area contributed by atoms with E-state index in [1.165, 1.54) is 10.6 Å². The number of nitrogens with zero attached hydrogens (tertiary/aromatic N) is 1. The minimum Gasteiger partial charge on any atom is -0.345 e. The maximum atomic E-state index is 13.4. The fraction of sp³-hybridized carbons (Fsp3) is 0.240. The minimum absolute atomic E-state index is 0.00708. The lowest BCUT2D eigenvalue weighted by Gasteiger charge is -2.22. The van der Waals surface area contributed by atoms with Crippen molar-refractivity contribution in [2.75, 3.05) is 0 Å². The second kappa shape index (κ2) is 8.11. The molecule has 3 aromatic rings. The third-order valence-corrected chi connectivity index (χ3v) is 5.60. The predicted molar refractivity (Wildman–Crippen MR) is 116 cm³/mol. The molecule has 0 unspecified atom stereocenters. The number of pyridine rings is 1. The second-order valence-corrected chi connectivity index (χ2v) is 7.78. The van der Waals surface area contributed by atoms with Crippen molar-refractivity contribution in [2.45, 2.75) is 39.2 Å². The van der Waals surface area contributed by atoms with Gasteiger partial charge in [-0.05, 0) is 50.5 Å². The first-order valence-electron chi connectivity index (χ1n) is 10.2. The molecular formula is C25H24N2O3. The molecular weight excluding hydrogens is 376 g/mol. The van der Waals surface area contributed by atoms with Crippen molar-refractivity contribution < 1.29 is 9.59 Å². The van der Waals surface area contributed by atoms with Gasteiger partial charge >= 0.3 is 0 Å². The van der Waals surface area contributed by atoms with Gasteiger partial charge in [-0.25, -0.2) is 0 Å². The van der Waals surface area contributed by atoms with Crippen LogP contribution < -0.4 is 10.9 Å². The maximum absolute atomic E-state index is 13.4. The summed E-state index contributed by atoms with van der Waals surface area (Å²) in [5, 5.41) is 2.90. The third kappa shape index (κ3) is 3.71. The number of amides is 1. The summed E-state index contributed by atoms with van der Waals surface area (Å²) in [6.45, 7) is 3.84. The molecule has 5 heteroatoms. The Balaban J connectivity index is 1.80. The molecule has 1 atom stereocenters. The first-order valence-corrected chi connectivity index (χ1v) is 10.2. The Morgan fingerprint density at radius 2 is 1.70 bits per heavy atom. The number of hydrogen-bond acceptors (Lipinski definition) is 3. The average Bonchev–Trinajstić information content (AvgIpc) is 2.75. The number of Topliss-reactive ketones (excluding diaryl/α,β-unsaturated/α-hetero) is 1. The van der Waals surface area contributed by atoms with Gasteiger partial charge in [0.15, 0.2) is 5.78 Å². The van der Waals surface area contributed by atoms with Crippen molar-refractivity contribution >= 4 is 11.7 Å². The van der Waals surface area contributed by atoms with E-state index in [0.29, 0.717) is 36.2 Å². The summed E-state index contributed by atoms with van der Waals surface area (Å²) in [6, 6.07) is 18.3. The molecule has 1 aliphatic carbocycles. The molecule has 0 bridgehead atoms. The maximum Gasteiger partial charge on any atom is 0.268 e. The lowest BCUT2D eigenvalue weighted by molar-refractivity contribution is 0.0938. The van der Waals surface area contributed by atoms with Gasteiger partial charge in [0.05, 0.1) is 6.04 Å². The quantitative estimate of drug-likeness (QED) is 0.715. The molecule has 0 aliphatic heterocycles. The Hall–Kier alpha value is -3.47. The Morgan fingerprint density at radius 1 is 1.00 bits per heavy atom. The van der Waals surface area contributed by atoms with Crippen LogP contribution in [-0.4, -0.2) is 16.3 Å². The largest absolute Gasteiger partial charge is 0.345 e. The van der Waals surface area contributed by atoms with Crippen LogP contribution in [0.25, 0.3) is 5.69 Å². The number of rotatable bonds is 4. The van der Waals surface area contributed by atoms with Gasteiger partial charge in [-0.3, -0.25) is 19.0 Å². The molecule has 2 aromatic carbocycles. The molecule has 1 aliphatic rings. The molecule has 1 N–H and O–H groups in total. The van der Waals surface area contributed by atoms with Crippen LogP contribution in [0.2, 0.25) is 0 Å². The van der Waals surface area contributed by atoms with E-state index in [9.17, 15) is 14.4 Å². The summed E-state index contributed by atoms with van der Waals surface area (Å²) >= 11 is 0. The van der Waals surface area contributed by atoms with Gasteiger partial charge in [0.2, 0.25) is 0 Å². The highest BCUT2D eigenvalue weighted by molar-refractivity contribution is 6.02. The topological polar surface area (TPSA) is 68.2 Å². The van der Waals surface area contributed by atoms with Crippen molar-refractivity contribution in [3.05, 3.63) is 99.0 Å². The molecule has 1 heterocycles. The monoisotopic (exact) mass is 400 g/mol. The van der Waals surface area contributed by atoms with Gasteiger partial charge < -0.3 is 5.32 Å². The zero-order valence-corrected chi connectivity index (χ0v) is 17.1. The van der Waals surface area contributed by atoms with Crippen molar-refractivity contribution in [1.82, 2.24) is 9.88 Å². The summed E-state index contributed by atoms with van der Waals surface area (Å²) in [5.74, 6) is -0.499. The van der Waals surface area contributed by atoms with Crippen LogP contribution in [-0.2, 0) is 6.42 Å². The van der Waals surface area contributed by atoms with E-state index in [1.807, 2.05) is 68.4 Å². The van der Waals surface area contributed by atoms with E-state index in [2.05, 4.69) is 5.32 Å². The van der Waals surface area contributed by atoms with E-state index >= 15 is 0 Å². The molecule has 1 aromatic heterocycles. The van der Waals surface area contributed by atoms with E-state index in [1.54, 1.807) is 0 Å². The number of fused-ring (bicyclic) bond motifs is 1. The average molecular weight is 400 g/mol. The number of carbonyl (C=O) groups is 2. The molecule has 0 saturated carbocycles. The Morgan fingerprint density at radius 3 is 2.40 bits per heavy atom. The van der Waals surface area contributed by atoms with Gasteiger partial charge in [0.1, 0.15) is 5.56 Å². The molecule has 0 fully saturated rings. The number of aromatic nitrogens is 1. The molecule has 30 heavy (non-hydrogen) atoms. The summed E-state index contributed by atoms with van der Waals surface area (Å²) in [5.41, 5.74) is 3.44. The first kappa shape index (κ1) is 19.8. The van der Waals surface area contributed by atoms with Gasteiger partial charge in [-0.1, -0.05) is 48.0 Å². The molecule has 0 saturated heterocycles. The normalized spacial score (nSPS) is 14.1. The van der Waals surface area contributed by atoms with Crippen LogP contribution >= 0.6 is 0 Å². The highest BCUT2D eigenvalue weighted by atomic mass is 16.2. The molecule has 152 valence electrons. The van der Waals surface area contributed by atoms with E-state index < -0.39 is 11.5 Å². The van der Waals surface area contributed by atoms with Gasteiger partial charge in [0.25, 0.3) is 11.5 Å². The Bertz CT molecular complexity index is 1160. The number of carbonyl (C=O) groups excluding carboxylic acids is 2. The molecule has 4 rings (SSSR count). The molecule has 1 amide bonds. The number of hydrogen-bond donors (Lipinski definition) is 1. The summed E-state index contributed by atoms with van der Waals surface area (Å²) < 4.78 is 1.54. The van der Waals surface area contributed by atoms with E-state index in [0.717, 1.165) is 11.1 Å². The lowest BCUT2D eigenvalue weighted by atomic mass is 9.92. The van der Waals surface area contributed by atoms with Crippen LogP contribution in [0.15, 0.2) is 65.5 Å². The highest BCUT2D eigenvalue weighted by Crippen LogP contribution is 2.24. The Kier molecular flexibility index (Phi) is 5.36. The van der Waals surface area contributed by atoms with Gasteiger partial charge in [-0.2, -0.15) is 0 Å². The predicted octanol–water partition coefficient (Wildman–Crippen LogP) is 4.16. The summed E-state index contributed by atoms with van der Waals surface area (Å²) in [4.78, 5) is 39.0. The standard InChI is InChI=1S/C25H24N2O3/c1-16-11-13-19(14-12-16)27-22-9-6-10-23(28)20(22)15-21(25(27)30)24(29)26-17(2)18-7-4-3-5-8-18/h3-5,7-8,11-15,17H,6,9-10H2,1-2H3,(H,26,29)/t17-/m1/s1. The fourth-order valence-electron chi connectivity index (χ4n) is 3.92. The number of ketones is 1. The highest BCUT2D eigenvalue weighted by Gasteiger charge is 2.26. The van der Waals surface area contributed by atoms with Crippen LogP contribution in [0.5, 0.6) is 0 Å². The SMILES string of the molecule is Cc1ccc(-n2c3c(cc(C(=O)N[C@H](C)c4ccccc4)c2=O)C(=O)CCC3)cc1. The van der Waals surface area contributed by atoms with E-state index in [-0.39, 0.29) is 17.4 Å². The second-order valence-electron chi connectivity index (χ2n) is 7.78. The van der Waals surface area contributed by atoms with Crippen LogP contribution in [0, 0.1) is 6.92 Å². The lowest BCUT2D eigenvalue weighted by Crippen LogP contribution is -2.37. The summed E-state index contributed by atoms with van der Waals surface area (Å²) in [7, 11) is 0. The Labute approximate surface area is 175 Å². The minimum atomic E-state index is -0.474. The van der Waals surface area contributed by atoms with Crippen molar-refractivity contribution in [3.8, 4) is 5.69 Å². The van der Waals surface area contributed by atoms with Crippen molar-refractivity contribution in [3.63, 3.8) is 0 Å². The van der Waals surface area contributed by atoms with E-state index in [4.69, 9.17) is 0 Å². The zero-order valence-electron chi connectivity index (χ0n) is 17.1. The smallest absolute Gasteiger partial charge is 0.268 e. The summed E-state index contributed by atoms with van der Waals surface area (Å²) in [6.07, 6.45) is 1.76. The first-order chi connectivity index (χ1) is 14.5. The van der Waals surface area contributed by atoms with Crippen LogP contribution in [0.1, 0.15) is 63.3 Å². The third-order valence-electron chi connectivity index (χ3n) is 5.60. The van der Waals surface area contributed by atoms with Crippen molar-refractivity contribution in [2.24, 2.45) is 0 Å². The number of nitrogens with one attached hydrogen (secondary N) is 1. The molecule has 0 radical (unpaired) electrons. The fourth-order valence-corrected chi connectivity index (χ4v) is 3.92. The number of benzene rings is 2. The van der Waals surface area contributed by atoms with Crippen LogP contribution in [0.4, 0.5) is 0 Å². The zero-order chi connectivity index (χ0) is 21.3. The van der Waals surface area contributed by atoms with Crippen molar-refractivity contribution in [1.29, 1.82) is 0 Å². The number of aryl methyl sites for hydroxylation is 1.